The lowest BCUT2D eigenvalue weighted by Crippen LogP contribution is -2.12. The van der Waals surface area contributed by atoms with Crippen LogP contribution in [0.2, 0.25) is 0 Å². The maximum Gasteiger partial charge on any atom is 0.138 e. The molecule has 0 saturated carbocycles. The largest absolute Gasteiger partial charge is 0.340 e. The van der Waals surface area contributed by atoms with Crippen molar-refractivity contribution in [1.29, 1.82) is 0 Å². The molecule has 1 aromatic heterocycles. The summed E-state index contributed by atoms with van der Waals surface area (Å²) in [5.74, 6) is 2.39. The molecule has 0 fully saturated rings. The highest BCUT2D eigenvalue weighted by Crippen LogP contribution is 2.25. The molecule has 0 amide bonds. The van der Waals surface area contributed by atoms with Gasteiger partial charge >= 0.3 is 0 Å². The molecule has 3 aromatic rings. The van der Waals surface area contributed by atoms with Crippen LogP contribution in [0.4, 0.5) is 23.0 Å². The van der Waals surface area contributed by atoms with E-state index in [-0.39, 0.29) is 0 Å². The first-order valence-electron chi connectivity index (χ1n) is 8.01. The van der Waals surface area contributed by atoms with Crippen molar-refractivity contribution in [2.24, 2.45) is 0 Å². The summed E-state index contributed by atoms with van der Waals surface area (Å²) in [6.45, 7) is 6.13. The lowest BCUT2D eigenvalue weighted by molar-refractivity contribution is 1.02. The van der Waals surface area contributed by atoms with E-state index in [0.717, 1.165) is 28.8 Å². The molecule has 1 heterocycles. The predicted octanol–water partition coefficient (Wildman–Crippen LogP) is 4.91. The van der Waals surface area contributed by atoms with Crippen LogP contribution in [0.15, 0.2) is 54.6 Å². The Bertz CT molecular complexity index is 844. The second-order valence-electron chi connectivity index (χ2n) is 5.98. The van der Waals surface area contributed by atoms with Gasteiger partial charge < -0.3 is 10.2 Å². The Morgan fingerprint density at radius 3 is 2.29 bits per heavy atom. The summed E-state index contributed by atoms with van der Waals surface area (Å²) in [6.07, 6.45) is 0. The van der Waals surface area contributed by atoms with Crippen molar-refractivity contribution in [1.82, 2.24) is 9.97 Å². The number of aryl methyl sites for hydroxylation is 3. The molecule has 4 heteroatoms. The molecule has 0 aliphatic heterocycles. The summed E-state index contributed by atoms with van der Waals surface area (Å²) < 4.78 is 0. The standard InChI is InChI=1S/C20H22N4/c1-14-10-11-17(12-15(14)2)23-19-13-20(22-16(3)21-19)24(4)18-8-6-5-7-9-18/h5-13H,1-4H3,(H,21,22,23). The molecule has 0 saturated heterocycles. The third-order valence-corrected chi connectivity index (χ3v) is 4.09. The molecule has 0 spiro atoms. The van der Waals surface area contributed by atoms with Gasteiger partial charge in [-0.3, -0.25) is 0 Å². The Morgan fingerprint density at radius 1 is 0.833 bits per heavy atom. The molecular weight excluding hydrogens is 296 g/mol. The van der Waals surface area contributed by atoms with E-state index < -0.39 is 0 Å². The molecule has 24 heavy (non-hydrogen) atoms. The molecule has 4 nitrogen and oxygen atoms in total. The van der Waals surface area contributed by atoms with Gasteiger partial charge in [-0.2, -0.15) is 0 Å². The van der Waals surface area contributed by atoms with Gasteiger partial charge in [0.2, 0.25) is 0 Å². The summed E-state index contributed by atoms with van der Waals surface area (Å²) in [4.78, 5) is 11.1. The Kier molecular flexibility index (Phi) is 4.47. The maximum absolute atomic E-state index is 4.56. The topological polar surface area (TPSA) is 41.1 Å². The monoisotopic (exact) mass is 318 g/mol. The van der Waals surface area contributed by atoms with Crippen LogP contribution in [0.1, 0.15) is 17.0 Å². The van der Waals surface area contributed by atoms with Crippen LogP contribution in [-0.4, -0.2) is 17.0 Å². The van der Waals surface area contributed by atoms with E-state index in [4.69, 9.17) is 0 Å². The van der Waals surface area contributed by atoms with Crippen LogP contribution in [0.25, 0.3) is 0 Å². The molecule has 0 radical (unpaired) electrons. The number of hydrogen-bond acceptors (Lipinski definition) is 4. The number of anilines is 4. The normalized spacial score (nSPS) is 10.5. The zero-order valence-corrected chi connectivity index (χ0v) is 14.5. The predicted molar refractivity (Wildman–Crippen MR) is 100 cm³/mol. The van der Waals surface area contributed by atoms with E-state index in [1.165, 1.54) is 11.1 Å². The molecular formula is C20H22N4. The smallest absolute Gasteiger partial charge is 0.138 e. The van der Waals surface area contributed by atoms with Crippen molar-refractivity contribution in [3.05, 3.63) is 71.5 Å². The highest BCUT2D eigenvalue weighted by atomic mass is 15.2. The van der Waals surface area contributed by atoms with Gasteiger partial charge in [0.25, 0.3) is 0 Å². The van der Waals surface area contributed by atoms with Gasteiger partial charge in [-0.1, -0.05) is 24.3 Å². The number of hydrogen-bond donors (Lipinski definition) is 1. The van der Waals surface area contributed by atoms with E-state index in [9.17, 15) is 0 Å². The van der Waals surface area contributed by atoms with E-state index in [0.29, 0.717) is 0 Å². The van der Waals surface area contributed by atoms with Gasteiger partial charge in [-0.25, -0.2) is 9.97 Å². The fraction of sp³-hybridized carbons (Fsp3) is 0.200. The van der Waals surface area contributed by atoms with E-state index in [1.54, 1.807) is 0 Å². The molecule has 0 aliphatic rings. The molecule has 2 aromatic carbocycles. The second-order valence-corrected chi connectivity index (χ2v) is 5.98. The quantitative estimate of drug-likeness (QED) is 0.742. The third kappa shape index (κ3) is 3.54. The SMILES string of the molecule is Cc1nc(Nc2ccc(C)c(C)c2)cc(N(C)c2ccccc2)n1. The van der Waals surface area contributed by atoms with Crippen molar-refractivity contribution in [2.45, 2.75) is 20.8 Å². The highest BCUT2D eigenvalue weighted by Gasteiger charge is 2.09. The highest BCUT2D eigenvalue weighted by molar-refractivity contribution is 5.65. The van der Waals surface area contributed by atoms with Crippen LogP contribution in [0, 0.1) is 20.8 Å². The number of aromatic nitrogens is 2. The molecule has 0 unspecified atom stereocenters. The number of nitrogens with one attached hydrogen (secondary N) is 1. The van der Waals surface area contributed by atoms with Crippen LogP contribution < -0.4 is 10.2 Å². The van der Waals surface area contributed by atoms with Crippen molar-refractivity contribution >= 4 is 23.0 Å². The van der Waals surface area contributed by atoms with Gasteiger partial charge in [0.15, 0.2) is 0 Å². The Balaban J connectivity index is 1.90. The van der Waals surface area contributed by atoms with E-state index in [2.05, 4.69) is 64.4 Å². The first-order chi connectivity index (χ1) is 11.5. The third-order valence-electron chi connectivity index (χ3n) is 4.09. The van der Waals surface area contributed by atoms with Crippen LogP contribution >= 0.6 is 0 Å². The molecule has 3 rings (SSSR count). The number of benzene rings is 2. The van der Waals surface area contributed by atoms with Crippen LogP contribution in [0.5, 0.6) is 0 Å². The van der Waals surface area contributed by atoms with Crippen molar-refractivity contribution in [3.63, 3.8) is 0 Å². The number of nitrogens with zero attached hydrogens (tertiary/aromatic N) is 3. The summed E-state index contributed by atoms with van der Waals surface area (Å²) in [5.41, 5.74) is 4.66. The van der Waals surface area contributed by atoms with Gasteiger partial charge in [0.1, 0.15) is 17.5 Å². The van der Waals surface area contributed by atoms with E-state index >= 15 is 0 Å². The summed E-state index contributed by atoms with van der Waals surface area (Å²) >= 11 is 0. The Hall–Kier alpha value is -2.88. The molecule has 122 valence electrons. The first kappa shape index (κ1) is 16.0. The fourth-order valence-corrected chi connectivity index (χ4v) is 2.54. The zero-order valence-electron chi connectivity index (χ0n) is 14.5. The fourth-order valence-electron chi connectivity index (χ4n) is 2.54. The van der Waals surface area contributed by atoms with Gasteiger partial charge in [0.05, 0.1) is 0 Å². The molecule has 0 bridgehead atoms. The Morgan fingerprint density at radius 2 is 1.58 bits per heavy atom. The van der Waals surface area contributed by atoms with Gasteiger partial charge in [-0.05, 0) is 56.2 Å². The van der Waals surface area contributed by atoms with Crippen LogP contribution in [-0.2, 0) is 0 Å². The minimum atomic E-state index is 0.738. The summed E-state index contributed by atoms with van der Waals surface area (Å²) in [6, 6.07) is 18.5. The number of rotatable bonds is 4. The van der Waals surface area contributed by atoms with Gasteiger partial charge in [-0.15, -0.1) is 0 Å². The molecule has 1 N–H and O–H groups in total. The first-order valence-corrected chi connectivity index (χ1v) is 8.01. The van der Waals surface area contributed by atoms with Crippen molar-refractivity contribution in [2.75, 3.05) is 17.3 Å². The summed E-state index contributed by atoms with van der Waals surface area (Å²) in [5, 5.41) is 3.38. The minimum absolute atomic E-state index is 0.738. The maximum atomic E-state index is 4.56. The average molecular weight is 318 g/mol. The van der Waals surface area contributed by atoms with Gasteiger partial charge in [0, 0.05) is 24.5 Å². The zero-order chi connectivity index (χ0) is 17.1. The minimum Gasteiger partial charge on any atom is -0.340 e. The van der Waals surface area contributed by atoms with Crippen molar-refractivity contribution < 1.29 is 0 Å². The lowest BCUT2D eigenvalue weighted by atomic mass is 10.1. The van der Waals surface area contributed by atoms with Crippen molar-refractivity contribution in [3.8, 4) is 0 Å². The van der Waals surface area contributed by atoms with Crippen LogP contribution in [0.3, 0.4) is 0 Å². The number of para-hydroxylation sites is 1. The second kappa shape index (κ2) is 6.71. The molecule has 0 aliphatic carbocycles. The average Bonchev–Trinajstić information content (AvgIpc) is 2.58. The Labute approximate surface area is 143 Å². The lowest BCUT2D eigenvalue weighted by Gasteiger charge is -2.19. The summed E-state index contributed by atoms with van der Waals surface area (Å²) in [7, 11) is 2.01. The molecule has 0 atom stereocenters. The van der Waals surface area contributed by atoms with E-state index in [1.807, 2.05) is 38.2 Å².